The normalized spacial score (nSPS) is 9.85. The highest BCUT2D eigenvalue weighted by atomic mass is 19.2. The summed E-state index contributed by atoms with van der Waals surface area (Å²) in [5, 5.41) is 0. The van der Waals surface area contributed by atoms with E-state index in [9.17, 15) is 13.2 Å². The second-order valence-electron chi connectivity index (χ2n) is 2.48. The maximum Gasteiger partial charge on any atom is 0.204 e. The Morgan fingerprint density at radius 2 is 1.85 bits per heavy atom. The number of hydrogen-bond acceptors (Lipinski definition) is 1. The first-order valence-corrected chi connectivity index (χ1v) is 3.49. The van der Waals surface area contributed by atoms with Crippen molar-refractivity contribution in [2.75, 3.05) is 0 Å². The fourth-order valence-corrected chi connectivity index (χ4v) is 0.775. The maximum atomic E-state index is 12.8. The molecule has 0 unspecified atom stereocenters. The molecule has 0 atom stereocenters. The summed E-state index contributed by atoms with van der Waals surface area (Å²) in [6, 6.07) is 1.79. The van der Waals surface area contributed by atoms with Crippen molar-refractivity contribution in [2.45, 2.75) is 6.92 Å². The quantitative estimate of drug-likeness (QED) is 0.512. The molecule has 0 fully saturated rings. The smallest absolute Gasteiger partial charge is 0.204 e. The van der Waals surface area contributed by atoms with Gasteiger partial charge in [0.2, 0.25) is 5.82 Å². The van der Waals surface area contributed by atoms with E-state index in [1.807, 2.05) is 0 Å². The van der Waals surface area contributed by atoms with E-state index in [0.717, 1.165) is 12.1 Å². The first-order valence-electron chi connectivity index (χ1n) is 3.49. The van der Waals surface area contributed by atoms with E-state index >= 15 is 0 Å². The Hall–Kier alpha value is -1.45. The van der Waals surface area contributed by atoms with Gasteiger partial charge in [-0.2, -0.15) is 4.39 Å². The third-order valence-corrected chi connectivity index (χ3v) is 1.28. The molecule has 0 amide bonds. The minimum Gasteiger partial charge on any atom is -0.459 e. The highest BCUT2D eigenvalue weighted by Crippen LogP contribution is 2.22. The number of rotatable bonds is 2. The second-order valence-corrected chi connectivity index (χ2v) is 2.48. The Morgan fingerprint density at radius 1 is 1.23 bits per heavy atom. The summed E-state index contributed by atoms with van der Waals surface area (Å²) in [7, 11) is 0. The number of hydrogen-bond donors (Lipinski definition) is 0. The first kappa shape index (κ1) is 9.64. The van der Waals surface area contributed by atoms with E-state index in [4.69, 9.17) is 4.74 Å². The molecule has 0 N–H and O–H groups in total. The molecule has 0 aliphatic rings. The topological polar surface area (TPSA) is 9.23 Å². The van der Waals surface area contributed by atoms with Gasteiger partial charge in [0.05, 0.1) is 5.76 Å². The van der Waals surface area contributed by atoms with Gasteiger partial charge >= 0.3 is 0 Å². The summed E-state index contributed by atoms with van der Waals surface area (Å²) >= 11 is 0. The lowest BCUT2D eigenvalue weighted by molar-refractivity contribution is 0.370. The molecule has 1 aromatic carbocycles. The monoisotopic (exact) mass is 188 g/mol. The van der Waals surface area contributed by atoms with Gasteiger partial charge in [-0.15, -0.1) is 0 Å². The van der Waals surface area contributed by atoms with Crippen LogP contribution in [0.5, 0.6) is 5.75 Å². The van der Waals surface area contributed by atoms with Crippen molar-refractivity contribution in [3.63, 3.8) is 0 Å². The van der Waals surface area contributed by atoms with Gasteiger partial charge in [-0.25, -0.2) is 8.78 Å². The van der Waals surface area contributed by atoms with E-state index in [2.05, 4.69) is 6.58 Å². The Labute approximate surface area is 73.4 Å². The van der Waals surface area contributed by atoms with Crippen LogP contribution in [-0.4, -0.2) is 0 Å². The molecule has 70 valence electrons. The molecule has 4 heteroatoms. The van der Waals surface area contributed by atoms with Crippen molar-refractivity contribution in [1.82, 2.24) is 0 Å². The average molecular weight is 188 g/mol. The Bertz CT molecular complexity index is 347. The molecular formula is C9H7F3O. The van der Waals surface area contributed by atoms with Crippen molar-refractivity contribution < 1.29 is 17.9 Å². The molecule has 0 aliphatic carbocycles. The second kappa shape index (κ2) is 3.51. The van der Waals surface area contributed by atoms with E-state index in [1.54, 1.807) is 0 Å². The van der Waals surface area contributed by atoms with Crippen LogP contribution in [0.3, 0.4) is 0 Å². The average Bonchev–Trinajstić information content (AvgIpc) is 2.06. The lowest BCUT2D eigenvalue weighted by atomic mass is 10.3. The van der Waals surface area contributed by atoms with Crippen molar-refractivity contribution in [2.24, 2.45) is 0 Å². The minimum atomic E-state index is -1.54. The third-order valence-electron chi connectivity index (χ3n) is 1.28. The summed E-state index contributed by atoms with van der Waals surface area (Å²) < 4.78 is 42.5. The molecule has 0 spiro atoms. The molecule has 0 bridgehead atoms. The Balaban J connectivity index is 3.10. The van der Waals surface area contributed by atoms with Crippen LogP contribution >= 0.6 is 0 Å². The van der Waals surface area contributed by atoms with Crippen LogP contribution in [0.1, 0.15) is 6.92 Å². The van der Waals surface area contributed by atoms with Crippen LogP contribution in [0.15, 0.2) is 24.5 Å². The highest BCUT2D eigenvalue weighted by Gasteiger charge is 2.14. The molecule has 0 aliphatic heterocycles. The molecule has 0 saturated carbocycles. The van der Waals surface area contributed by atoms with Crippen LogP contribution in [0.2, 0.25) is 0 Å². The van der Waals surface area contributed by atoms with E-state index in [0.29, 0.717) is 0 Å². The van der Waals surface area contributed by atoms with Gasteiger partial charge < -0.3 is 4.74 Å². The Morgan fingerprint density at radius 3 is 2.38 bits per heavy atom. The van der Waals surface area contributed by atoms with Gasteiger partial charge in [0, 0.05) is 0 Å². The van der Waals surface area contributed by atoms with Crippen LogP contribution in [-0.2, 0) is 0 Å². The van der Waals surface area contributed by atoms with E-state index in [-0.39, 0.29) is 11.5 Å². The molecule has 1 aromatic rings. The van der Waals surface area contributed by atoms with E-state index in [1.165, 1.54) is 6.92 Å². The molecule has 0 radical (unpaired) electrons. The van der Waals surface area contributed by atoms with Gasteiger partial charge in [-0.1, -0.05) is 6.58 Å². The number of halogens is 3. The SMILES string of the molecule is C=C(C)Oc1ccc(F)c(F)c1F. The lowest BCUT2D eigenvalue weighted by Gasteiger charge is -2.05. The number of benzene rings is 1. The minimum absolute atomic E-state index is 0.199. The van der Waals surface area contributed by atoms with Crippen molar-refractivity contribution >= 4 is 0 Å². The Kier molecular flexibility index (Phi) is 2.60. The molecule has 0 aromatic heterocycles. The van der Waals surface area contributed by atoms with Crippen LogP contribution < -0.4 is 4.74 Å². The van der Waals surface area contributed by atoms with Crippen molar-refractivity contribution in [1.29, 1.82) is 0 Å². The lowest BCUT2D eigenvalue weighted by Crippen LogP contribution is -1.97. The zero-order chi connectivity index (χ0) is 10.0. The number of ether oxygens (including phenoxy) is 1. The van der Waals surface area contributed by atoms with Crippen molar-refractivity contribution in [3.05, 3.63) is 41.9 Å². The zero-order valence-electron chi connectivity index (χ0n) is 6.90. The van der Waals surface area contributed by atoms with Crippen LogP contribution in [0, 0.1) is 17.5 Å². The van der Waals surface area contributed by atoms with Gasteiger partial charge in [0.15, 0.2) is 17.4 Å². The predicted molar refractivity (Wildman–Crippen MR) is 41.8 cm³/mol. The standard InChI is InChI=1S/C9H7F3O/c1-5(2)13-7-4-3-6(10)8(11)9(7)12/h3-4H,1H2,2H3. The fraction of sp³-hybridized carbons (Fsp3) is 0.111. The molecule has 13 heavy (non-hydrogen) atoms. The summed E-state index contributed by atoms with van der Waals surface area (Å²) in [5.41, 5.74) is 0. The van der Waals surface area contributed by atoms with Gasteiger partial charge in [-0.05, 0) is 19.1 Å². The van der Waals surface area contributed by atoms with Crippen LogP contribution in [0.25, 0.3) is 0 Å². The van der Waals surface area contributed by atoms with Crippen molar-refractivity contribution in [3.8, 4) is 5.75 Å². The first-order chi connectivity index (χ1) is 6.02. The third kappa shape index (κ3) is 2.02. The largest absolute Gasteiger partial charge is 0.459 e. The van der Waals surface area contributed by atoms with Gasteiger partial charge in [-0.3, -0.25) is 0 Å². The summed E-state index contributed by atoms with van der Waals surface area (Å²) in [6.07, 6.45) is 0. The predicted octanol–water partition coefficient (Wildman–Crippen LogP) is 3.02. The molecule has 0 saturated heterocycles. The molecule has 1 nitrogen and oxygen atoms in total. The van der Waals surface area contributed by atoms with Crippen LogP contribution in [0.4, 0.5) is 13.2 Å². The highest BCUT2D eigenvalue weighted by molar-refractivity contribution is 5.27. The summed E-state index contributed by atoms with van der Waals surface area (Å²) in [4.78, 5) is 0. The van der Waals surface area contributed by atoms with Gasteiger partial charge in [0.1, 0.15) is 0 Å². The summed E-state index contributed by atoms with van der Waals surface area (Å²) in [5.74, 6) is -4.30. The zero-order valence-corrected chi connectivity index (χ0v) is 6.90. The van der Waals surface area contributed by atoms with Gasteiger partial charge in [0.25, 0.3) is 0 Å². The maximum absolute atomic E-state index is 12.8. The summed E-state index contributed by atoms with van der Waals surface area (Å²) in [6.45, 7) is 4.81. The molecule has 1 rings (SSSR count). The fourth-order valence-electron chi connectivity index (χ4n) is 0.775. The molecule has 0 heterocycles. The number of allylic oxidation sites excluding steroid dienone is 1. The molecular weight excluding hydrogens is 181 g/mol. The van der Waals surface area contributed by atoms with E-state index < -0.39 is 17.5 Å².